The lowest BCUT2D eigenvalue weighted by Crippen LogP contribution is -2.39. The fourth-order valence-corrected chi connectivity index (χ4v) is 6.72. The first kappa shape index (κ1) is 33.3. The highest BCUT2D eigenvalue weighted by Gasteiger charge is 2.31. The van der Waals surface area contributed by atoms with Gasteiger partial charge in [0.25, 0.3) is 0 Å². The monoisotopic (exact) mass is 685 g/mol. The zero-order valence-electron chi connectivity index (χ0n) is 28.5. The standard InChI is InChI=1S/C40H39N5O6/c1-49-32-16-10-28(11-17-32)25-42(26-29-12-18-33(50-2)19-13-29)38-37-36(22-23-41-38)44(27-31-7-6-24-43(31)40(47)48)39(46)45(37)30-14-20-35(21-15-30)51-34-8-4-3-5-9-34/h3-5,8-23,31H,6-7,24-27H2,1-2H3,(H,47,48). The minimum Gasteiger partial charge on any atom is -0.497 e. The van der Waals surface area contributed by atoms with E-state index in [9.17, 15) is 14.7 Å². The van der Waals surface area contributed by atoms with Gasteiger partial charge in [-0.1, -0.05) is 42.5 Å². The summed E-state index contributed by atoms with van der Waals surface area (Å²) in [6.07, 6.45) is 2.16. The molecule has 0 spiro atoms. The van der Waals surface area contributed by atoms with Gasteiger partial charge in [-0.15, -0.1) is 0 Å². The largest absolute Gasteiger partial charge is 0.497 e. The maximum Gasteiger partial charge on any atom is 0.407 e. The molecule has 11 heteroatoms. The van der Waals surface area contributed by atoms with Crippen molar-refractivity contribution < 1.29 is 24.1 Å². The predicted octanol–water partition coefficient (Wildman–Crippen LogP) is 7.35. The molecule has 11 nitrogen and oxygen atoms in total. The van der Waals surface area contributed by atoms with E-state index in [-0.39, 0.29) is 18.3 Å². The normalized spacial score (nSPS) is 14.1. The summed E-state index contributed by atoms with van der Waals surface area (Å²) in [4.78, 5) is 35.2. The Kier molecular flexibility index (Phi) is 9.60. The maximum absolute atomic E-state index is 14.6. The molecular weight excluding hydrogens is 646 g/mol. The average molecular weight is 686 g/mol. The van der Waals surface area contributed by atoms with Crippen molar-refractivity contribution in [3.63, 3.8) is 0 Å². The fraction of sp³-hybridized carbons (Fsp3) is 0.225. The number of likely N-dealkylation sites (tertiary alicyclic amines) is 1. The first-order valence-electron chi connectivity index (χ1n) is 16.9. The molecule has 0 saturated carbocycles. The molecular formula is C40H39N5O6. The second-order valence-electron chi connectivity index (χ2n) is 12.5. The highest BCUT2D eigenvalue weighted by molar-refractivity contribution is 5.89. The van der Waals surface area contributed by atoms with E-state index in [1.807, 2.05) is 109 Å². The third kappa shape index (κ3) is 7.09. The number of carboxylic acid groups (broad SMARTS) is 1. The Morgan fingerprint density at radius 2 is 1.39 bits per heavy atom. The summed E-state index contributed by atoms with van der Waals surface area (Å²) < 4.78 is 20.2. The second-order valence-corrected chi connectivity index (χ2v) is 12.5. The van der Waals surface area contributed by atoms with Crippen molar-refractivity contribution in [3.8, 4) is 28.7 Å². The summed E-state index contributed by atoms with van der Waals surface area (Å²) in [6, 6.07) is 34.2. The number of nitrogens with zero attached hydrogens (tertiary/aromatic N) is 5. The number of hydrogen-bond donors (Lipinski definition) is 1. The van der Waals surface area contributed by atoms with Gasteiger partial charge in [-0.3, -0.25) is 9.13 Å². The van der Waals surface area contributed by atoms with E-state index in [0.717, 1.165) is 29.0 Å². The van der Waals surface area contributed by atoms with Crippen molar-refractivity contribution >= 4 is 22.9 Å². The minimum atomic E-state index is -0.976. The number of para-hydroxylation sites is 1. The topological polar surface area (TPSA) is 111 Å². The molecule has 1 atom stereocenters. The highest BCUT2D eigenvalue weighted by atomic mass is 16.5. The number of ether oxygens (including phenoxy) is 3. The minimum absolute atomic E-state index is 0.226. The smallest absolute Gasteiger partial charge is 0.407 e. The molecule has 4 aromatic carbocycles. The Hall–Kier alpha value is -6.23. The second kappa shape index (κ2) is 14.7. The third-order valence-corrected chi connectivity index (χ3v) is 9.27. The summed E-state index contributed by atoms with van der Waals surface area (Å²) in [6.45, 7) is 1.65. The van der Waals surface area contributed by atoms with E-state index < -0.39 is 6.09 Å². The number of pyridine rings is 1. The summed E-state index contributed by atoms with van der Waals surface area (Å²) in [5.41, 5.74) is 3.71. The van der Waals surface area contributed by atoms with Crippen LogP contribution in [0.1, 0.15) is 24.0 Å². The number of rotatable bonds is 12. The van der Waals surface area contributed by atoms with Gasteiger partial charge in [0.05, 0.1) is 31.5 Å². The van der Waals surface area contributed by atoms with Gasteiger partial charge in [-0.2, -0.15) is 0 Å². The molecule has 1 aliphatic rings. The number of amides is 1. The van der Waals surface area contributed by atoms with E-state index in [2.05, 4.69) is 4.90 Å². The molecule has 260 valence electrons. The lowest BCUT2D eigenvalue weighted by atomic mass is 10.1. The number of benzene rings is 4. The van der Waals surface area contributed by atoms with Gasteiger partial charge in [-0.25, -0.2) is 14.6 Å². The van der Waals surface area contributed by atoms with Gasteiger partial charge in [0, 0.05) is 32.4 Å². The number of aromatic nitrogens is 3. The van der Waals surface area contributed by atoms with Gasteiger partial charge in [0.2, 0.25) is 0 Å². The average Bonchev–Trinajstić information content (AvgIpc) is 3.75. The molecule has 1 N–H and O–H groups in total. The summed E-state index contributed by atoms with van der Waals surface area (Å²) in [5.74, 6) is 3.46. The molecule has 7 rings (SSSR count). The lowest BCUT2D eigenvalue weighted by molar-refractivity contribution is 0.136. The molecule has 1 saturated heterocycles. The molecule has 3 heterocycles. The third-order valence-electron chi connectivity index (χ3n) is 9.27. The van der Waals surface area contributed by atoms with Gasteiger partial charge in [0.15, 0.2) is 5.82 Å². The molecule has 0 radical (unpaired) electrons. The van der Waals surface area contributed by atoms with Crippen molar-refractivity contribution in [1.29, 1.82) is 0 Å². The highest BCUT2D eigenvalue weighted by Crippen LogP contribution is 2.32. The molecule has 1 amide bonds. The zero-order chi connectivity index (χ0) is 35.3. The van der Waals surface area contributed by atoms with Crippen LogP contribution in [0.25, 0.3) is 16.7 Å². The molecule has 2 aromatic heterocycles. The number of imidazole rings is 1. The number of fused-ring (bicyclic) bond motifs is 1. The van der Waals surface area contributed by atoms with E-state index in [1.165, 1.54) is 4.90 Å². The Morgan fingerprint density at radius 1 is 0.804 bits per heavy atom. The van der Waals surface area contributed by atoms with E-state index in [0.29, 0.717) is 60.1 Å². The van der Waals surface area contributed by atoms with E-state index in [1.54, 1.807) is 29.6 Å². The van der Waals surface area contributed by atoms with Gasteiger partial charge in [-0.05, 0) is 90.7 Å². The summed E-state index contributed by atoms with van der Waals surface area (Å²) in [5, 5.41) is 9.91. The maximum atomic E-state index is 14.6. The van der Waals surface area contributed by atoms with Crippen molar-refractivity contribution in [1.82, 2.24) is 19.0 Å². The van der Waals surface area contributed by atoms with Crippen LogP contribution in [-0.2, 0) is 19.6 Å². The molecule has 0 bridgehead atoms. The number of methoxy groups -OCH3 is 2. The van der Waals surface area contributed by atoms with Crippen LogP contribution < -0.4 is 24.8 Å². The molecule has 1 unspecified atom stereocenters. The summed E-state index contributed by atoms with van der Waals surface area (Å²) in [7, 11) is 3.28. The van der Waals surface area contributed by atoms with Crippen molar-refractivity contribution in [2.24, 2.45) is 0 Å². The lowest BCUT2D eigenvalue weighted by Gasteiger charge is -2.26. The number of anilines is 1. The predicted molar refractivity (Wildman–Crippen MR) is 195 cm³/mol. The van der Waals surface area contributed by atoms with Crippen molar-refractivity contribution in [3.05, 3.63) is 137 Å². The van der Waals surface area contributed by atoms with E-state index in [4.69, 9.17) is 19.2 Å². The Bertz CT molecular complexity index is 2110. The molecule has 0 aliphatic carbocycles. The van der Waals surface area contributed by atoms with Crippen LogP contribution in [0.15, 0.2) is 120 Å². The van der Waals surface area contributed by atoms with Crippen LogP contribution in [0.2, 0.25) is 0 Å². The van der Waals surface area contributed by atoms with Crippen LogP contribution in [-0.4, -0.2) is 57.0 Å². The van der Waals surface area contributed by atoms with Gasteiger partial charge in [0.1, 0.15) is 28.5 Å². The zero-order valence-corrected chi connectivity index (χ0v) is 28.5. The van der Waals surface area contributed by atoms with Crippen LogP contribution in [0, 0.1) is 0 Å². The Labute approximate surface area is 295 Å². The van der Waals surface area contributed by atoms with Crippen LogP contribution in [0.4, 0.5) is 10.6 Å². The van der Waals surface area contributed by atoms with Crippen molar-refractivity contribution in [2.45, 2.75) is 38.5 Å². The Morgan fingerprint density at radius 3 is 1.98 bits per heavy atom. The first-order valence-corrected chi connectivity index (χ1v) is 16.9. The van der Waals surface area contributed by atoms with Gasteiger partial charge < -0.3 is 29.1 Å². The van der Waals surface area contributed by atoms with Crippen LogP contribution in [0.5, 0.6) is 23.0 Å². The van der Waals surface area contributed by atoms with Crippen LogP contribution >= 0.6 is 0 Å². The van der Waals surface area contributed by atoms with Gasteiger partial charge >= 0.3 is 11.8 Å². The molecule has 1 fully saturated rings. The summed E-state index contributed by atoms with van der Waals surface area (Å²) >= 11 is 0. The van der Waals surface area contributed by atoms with E-state index >= 15 is 0 Å². The SMILES string of the molecule is COc1ccc(CN(Cc2ccc(OC)cc2)c2nccc3c2n(-c2ccc(Oc4ccccc4)cc2)c(=O)n3CC2CCCN2C(=O)O)cc1. The first-order chi connectivity index (χ1) is 24.9. The number of hydrogen-bond acceptors (Lipinski definition) is 7. The van der Waals surface area contributed by atoms with Crippen molar-refractivity contribution in [2.75, 3.05) is 25.7 Å². The number of carbonyl (C=O) groups is 1. The Balaban J connectivity index is 1.36. The molecule has 51 heavy (non-hydrogen) atoms. The molecule has 1 aliphatic heterocycles. The molecule has 6 aromatic rings. The van der Waals surface area contributed by atoms with Crippen LogP contribution in [0.3, 0.4) is 0 Å². The quantitative estimate of drug-likeness (QED) is 0.142. The fourth-order valence-electron chi connectivity index (χ4n) is 6.72.